The molecule has 0 aromatic heterocycles. The number of rotatable bonds is 8. The number of methoxy groups -OCH3 is 2. The van der Waals surface area contributed by atoms with Crippen molar-refractivity contribution in [3.63, 3.8) is 0 Å². The molecule has 1 heterocycles. The molecule has 0 atom stereocenters. The molecule has 2 N–H and O–H groups in total. The molecular formula is C22H23N3O7. The molecule has 168 valence electrons. The Bertz CT molecular complexity index is 1020. The Hall–Kier alpha value is -4.08. The molecular weight excluding hydrogens is 418 g/mol. The highest BCUT2D eigenvalue weighted by molar-refractivity contribution is 6.01. The molecule has 0 aliphatic carbocycles. The third-order valence-electron chi connectivity index (χ3n) is 4.69. The zero-order valence-electron chi connectivity index (χ0n) is 17.7. The van der Waals surface area contributed by atoms with Crippen LogP contribution in [0, 0.1) is 0 Å². The molecule has 0 radical (unpaired) electrons. The predicted molar refractivity (Wildman–Crippen MR) is 113 cm³/mol. The van der Waals surface area contributed by atoms with Crippen molar-refractivity contribution in [2.24, 2.45) is 0 Å². The van der Waals surface area contributed by atoms with Gasteiger partial charge in [-0.1, -0.05) is 6.07 Å². The van der Waals surface area contributed by atoms with Gasteiger partial charge in [-0.15, -0.1) is 0 Å². The number of carbonyl (C=O) groups excluding carboxylic acids is 4. The van der Waals surface area contributed by atoms with Crippen LogP contribution in [0.25, 0.3) is 0 Å². The lowest BCUT2D eigenvalue weighted by Crippen LogP contribution is -2.50. The average Bonchev–Trinajstić information content (AvgIpc) is 2.82. The average molecular weight is 441 g/mol. The highest BCUT2D eigenvalue weighted by Crippen LogP contribution is 2.27. The van der Waals surface area contributed by atoms with E-state index in [0.29, 0.717) is 17.2 Å². The second-order valence-electron chi connectivity index (χ2n) is 6.85. The van der Waals surface area contributed by atoms with Crippen LogP contribution in [0.15, 0.2) is 42.5 Å². The summed E-state index contributed by atoms with van der Waals surface area (Å²) in [5, 5.41) is 3.80. The Morgan fingerprint density at radius 2 is 1.72 bits per heavy atom. The molecule has 10 heteroatoms. The van der Waals surface area contributed by atoms with Crippen LogP contribution >= 0.6 is 0 Å². The van der Waals surface area contributed by atoms with Crippen LogP contribution in [-0.4, -0.2) is 44.5 Å². The molecule has 2 aromatic rings. The minimum Gasteiger partial charge on any atom is -0.493 e. The first-order valence-electron chi connectivity index (χ1n) is 9.78. The molecule has 10 nitrogen and oxygen atoms in total. The summed E-state index contributed by atoms with van der Waals surface area (Å²) < 4.78 is 15.4. The van der Waals surface area contributed by atoms with E-state index in [9.17, 15) is 19.2 Å². The summed E-state index contributed by atoms with van der Waals surface area (Å²) in [6, 6.07) is 11.2. The van der Waals surface area contributed by atoms with Gasteiger partial charge in [-0.2, -0.15) is 0 Å². The van der Waals surface area contributed by atoms with Crippen LogP contribution in [-0.2, 0) is 25.7 Å². The molecule has 1 fully saturated rings. The third kappa shape index (κ3) is 5.54. The standard InChI is InChI=1S/C22H23N3O7/c1-30-17-8-3-14(11-18(17)31-2)12-23-20(27)13-32-22(29)15-4-6-16(7-5-15)25-21(28)10-9-19(26)24-25/h3-8,11H,9-10,12-13H2,1-2H3,(H,23,27)(H,24,26). The first kappa shape index (κ1) is 22.6. The Labute approximate surface area is 184 Å². The topological polar surface area (TPSA) is 123 Å². The fourth-order valence-electron chi connectivity index (χ4n) is 2.99. The zero-order chi connectivity index (χ0) is 23.1. The Morgan fingerprint density at radius 1 is 1.00 bits per heavy atom. The fraction of sp³-hybridized carbons (Fsp3) is 0.273. The number of carbonyl (C=O) groups is 4. The third-order valence-corrected chi connectivity index (χ3v) is 4.69. The van der Waals surface area contributed by atoms with Crippen LogP contribution < -0.4 is 25.2 Å². The monoisotopic (exact) mass is 441 g/mol. The maximum atomic E-state index is 12.2. The number of nitrogens with zero attached hydrogens (tertiary/aromatic N) is 1. The van der Waals surface area contributed by atoms with Crippen molar-refractivity contribution in [2.75, 3.05) is 25.8 Å². The molecule has 2 aromatic carbocycles. The second-order valence-corrected chi connectivity index (χ2v) is 6.85. The van der Waals surface area contributed by atoms with Gasteiger partial charge in [0.1, 0.15) is 0 Å². The molecule has 1 aliphatic heterocycles. The van der Waals surface area contributed by atoms with Crippen molar-refractivity contribution in [1.82, 2.24) is 10.7 Å². The Kier molecular flexibility index (Phi) is 7.27. The number of anilines is 1. The van der Waals surface area contributed by atoms with E-state index in [2.05, 4.69) is 10.7 Å². The molecule has 3 rings (SSSR count). The van der Waals surface area contributed by atoms with Gasteiger partial charge in [0.2, 0.25) is 11.8 Å². The maximum Gasteiger partial charge on any atom is 0.338 e. The maximum absolute atomic E-state index is 12.2. The number of hydrogen-bond acceptors (Lipinski definition) is 7. The van der Waals surface area contributed by atoms with E-state index >= 15 is 0 Å². The molecule has 0 unspecified atom stereocenters. The summed E-state index contributed by atoms with van der Waals surface area (Å²) >= 11 is 0. The number of hydrogen-bond donors (Lipinski definition) is 2. The van der Waals surface area contributed by atoms with Gasteiger partial charge in [0, 0.05) is 19.4 Å². The predicted octanol–water partition coefficient (Wildman–Crippen LogP) is 1.33. The minimum atomic E-state index is -0.688. The van der Waals surface area contributed by atoms with Crippen molar-refractivity contribution >= 4 is 29.4 Å². The number of nitrogens with one attached hydrogen (secondary N) is 2. The molecule has 0 spiro atoms. The first-order valence-corrected chi connectivity index (χ1v) is 9.78. The molecule has 32 heavy (non-hydrogen) atoms. The summed E-state index contributed by atoms with van der Waals surface area (Å²) in [7, 11) is 3.05. The van der Waals surface area contributed by atoms with Gasteiger partial charge >= 0.3 is 5.97 Å². The van der Waals surface area contributed by atoms with Crippen molar-refractivity contribution < 1.29 is 33.4 Å². The van der Waals surface area contributed by atoms with Gasteiger partial charge in [-0.05, 0) is 42.0 Å². The van der Waals surface area contributed by atoms with Gasteiger partial charge < -0.3 is 19.5 Å². The summed E-state index contributed by atoms with van der Waals surface area (Å²) in [6.45, 7) is -0.227. The Morgan fingerprint density at radius 3 is 2.41 bits per heavy atom. The summed E-state index contributed by atoms with van der Waals surface area (Å²) in [6.07, 6.45) is 0.266. The van der Waals surface area contributed by atoms with E-state index in [0.717, 1.165) is 10.6 Å². The molecule has 0 bridgehead atoms. The van der Waals surface area contributed by atoms with E-state index in [1.807, 2.05) is 0 Å². The van der Waals surface area contributed by atoms with E-state index in [1.54, 1.807) is 18.2 Å². The molecule has 1 saturated heterocycles. The van der Waals surface area contributed by atoms with E-state index in [-0.39, 0.29) is 36.8 Å². The zero-order valence-corrected chi connectivity index (χ0v) is 17.7. The highest BCUT2D eigenvalue weighted by Gasteiger charge is 2.24. The van der Waals surface area contributed by atoms with E-state index in [4.69, 9.17) is 14.2 Å². The number of amides is 3. The Balaban J connectivity index is 1.49. The SMILES string of the molecule is COc1ccc(CNC(=O)COC(=O)c2ccc(N3NC(=O)CCC3=O)cc2)cc1OC. The highest BCUT2D eigenvalue weighted by atomic mass is 16.5. The number of hydrazine groups is 1. The van der Waals surface area contributed by atoms with Gasteiger partial charge in [0.05, 0.1) is 25.5 Å². The lowest BCUT2D eigenvalue weighted by molar-refractivity contribution is -0.130. The fourth-order valence-corrected chi connectivity index (χ4v) is 2.99. The van der Waals surface area contributed by atoms with Crippen LogP contribution in [0.3, 0.4) is 0 Å². The smallest absolute Gasteiger partial charge is 0.338 e. The van der Waals surface area contributed by atoms with Gasteiger partial charge in [0.15, 0.2) is 18.1 Å². The van der Waals surface area contributed by atoms with Crippen molar-refractivity contribution in [3.05, 3.63) is 53.6 Å². The number of ether oxygens (including phenoxy) is 3. The quantitative estimate of drug-likeness (QED) is 0.593. The van der Waals surface area contributed by atoms with E-state index in [1.165, 1.54) is 38.5 Å². The van der Waals surface area contributed by atoms with Gasteiger partial charge in [0.25, 0.3) is 5.91 Å². The van der Waals surface area contributed by atoms with E-state index < -0.39 is 18.5 Å². The minimum absolute atomic E-state index is 0.119. The van der Waals surface area contributed by atoms with Crippen molar-refractivity contribution in [2.45, 2.75) is 19.4 Å². The van der Waals surface area contributed by atoms with Crippen LogP contribution in [0.4, 0.5) is 5.69 Å². The lowest BCUT2D eigenvalue weighted by Gasteiger charge is -2.27. The number of esters is 1. The van der Waals surface area contributed by atoms with Crippen molar-refractivity contribution in [1.29, 1.82) is 0 Å². The summed E-state index contributed by atoms with van der Waals surface area (Å²) in [5.41, 5.74) is 3.89. The van der Waals surface area contributed by atoms with Crippen LogP contribution in [0.2, 0.25) is 0 Å². The summed E-state index contributed by atoms with van der Waals surface area (Å²) in [5.74, 6) is -0.536. The van der Waals surface area contributed by atoms with Crippen LogP contribution in [0.5, 0.6) is 11.5 Å². The number of benzene rings is 2. The lowest BCUT2D eigenvalue weighted by atomic mass is 10.2. The van der Waals surface area contributed by atoms with Gasteiger partial charge in [-0.3, -0.25) is 19.8 Å². The van der Waals surface area contributed by atoms with Crippen molar-refractivity contribution in [3.8, 4) is 11.5 Å². The molecule has 3 amide bonds. The summed E-state index contributed by atoms with van der Waals surface area (Å²) in [4.78, 5) is 47.6. The molecule has 0 saturated carbocycles. The van der Waals surface area contributed by atoms with Gasteiger partial charge in [-0.25, -0.2) is 9.80 Å². The second kappa shape index (κ2) is 10.3. The first-order chi connectivity index (χ1) is 15.4. The van der Waals surface area contributed by atoms with Crippen LogP contribution in [0.1, 0.15) is 28.8 Å². The largest absolute Gasteiger partial charge is 0.493 e. The molecule has 1 aliphatic rings. The normalized spacial score (nSPS) is 13.2.